The van der Waals surface area contributed by atoms with E-state index in [0.717, 1.165) is 38.5 Å². The highest BCUT2D eigenvalue weighted by atomic mass is 16.6. The fourth-order valence-corrected chi connectivity index (χ4v) is 8.13. The van der Waals surface area contributed by atoms with Gasteiger partial charge in [0.15, 0.2) is 5.78 Å². The summed E-state index contributed by atoms with van der Waals surface area (Å²) in [5.74, 6) is 0.378. The van der Waals surface area contributed by atoms with Gasteiger partial charge in [-0.1, -0.05) is 98.3 Å². The first kappa shape index (κ1) is 32.3. The van der Waals surface area contributed by atoms with Crippen molar-refractivity contribution < 1.29 is 23.9 Å². The topological polar surface area (TPSA) is 73.0 Å². The first-order valence-corrected chi connectivity index (χ1v) is 16.4. The van der Waals surface area contributed by atoms with Gasteiger partial charge in [0, 0.05) is 31.1 Å². The van der Waals surface area contributed by atoms with Crippen molar-refractivity contribution in [2.45, 2.75) is 168 Å². The molecule has 2 aliphatic carbocycles. The Hall–Kier alpha value is -1.23. The highest BCUT2D eigenvalue weighted by molar-refractivity contribution is 5.92. The van der Waals surface area contributed by atoms with Gasteiger partial charge in [0.05, 0.1) is 6.61 Å². The van der Waals surface area contributed by atoms with Crippen molar-refractivity contribution in [3.05, 3.63) is 0 Å². The number of ether oxygens (including phenoxy) is 2. The molecule has 5 heteroatoms. The average Bonchev–Trinajstić information content (AvgIpc) is 3.57. The van der Waals surface area contributed by atoms with E-state index in [9.17, 15) is 14.4 Å². The van der Waals surface area contributed by atoms with E-state index in [1.54, 1.807) is 0 Å². The van der Waals surface area contributed by atoms with Gasteiger partial charge in [-0.05, 0) is 49.9 Å². The molecule has 0 bridgehead atoms. The molecule has 3 fully saturated rings. The maximum Gasteiger partial charge on any atom is 0.305 e. The van der Waals surface area contributed by atoms with Crippen molar-refractivity contribution >= 4 is 17.5 Å². The minimum atomic E-state index is -0.503. The number of carbonyl (C=O) groups is 3. The molecular weight excluding hydrogens is 488 g/mol. The molecule has 39 heavy (non-hydrogen) atoms. The van der Waals surface area contributed by atoms with Gasteiger partial charge < -0.3 is 9.47 Å². The zero-order valence-electron chi connectivity index (χ0n) is 25.9. The Morgan fingerprint density at radius 3 is 1.95 bits per heavy atom. The van der Waals surface area contributed by atoms with Crippen LogP contribution >= 0.6 is 0 Å². The number of Topliss-reactive ketones (excluding diaryl/α,β-unsaturated/α-hetero) is 2. The summed E-state index contributed by atoms with van der Waals surface area (Å²) < 4.78 is 11.8. The molecule has 1 aliphatic heterocycles. The molecule has 0 amide bonds. The van der Waals surface area contributed by atoms with Crippen LogP contribution in [0.4, 0.5) is 0 Å². The smallest absolute Gasteiger partial charge is 0.305 e. The quantitative estimate of drug-likeness (QED) is 0.0922. The van der Waals surface area contributed by atoms with Crippen LogP contribution in [0.25, 0.3) is 0 Å². The molecule has 0 aromatic rings. The number of hydrogen-bond donors (Lipinski definition) is 0. The number of rotatable bonds is 19. The molecule has 0 N–H and O–H groups in total. The summed E-state index contributed by atoms with van der Waals surface area (Å²) in [5.41, 5.74) is -0.766. The summed E-state index contributed by atoms with van der Waals surface area (Å²) in [7, 11) is 0. The van der Waals surface area contributed by atoms with Crippen molar-refractivity contribution in [3.8, 4) is 0 Å². The maximum absolute atomic E-state index is 13.3. The van der Waals surface area contributed by atoms with Crippen molar-refractivity contribution in [2.24, 2.45) is 22.7 Å². The molecule has 0 spiro atoms. The third-order valence-corrected chi connectivity index (χ3v) is 10.4. The van der Waals surface area contributed by atoms with Crippen LogP contribution in [0.3, 0.4) is 0 Å². The van der Waals surface area contributed by atoms with Gasteiger partial charge in [-0.2, -0.15) is 0 Å². The lowest BCUT2D eigenvalue weighted by Crippen LogP contribution is -2.60. The maximum atomic E-state index is 13.3. The summed E-state index contributed by atoms with van der Waals surface area (Å²) in [5, 5.41) is 0. The zero-order chi connectivity index (χ0) is 28.5. The summed E-state index contributed by atoms with van der Waals surface area (Å²) in [4.78, 5) is 38.1. The molecule has 1 unspecified atom stereocenters. The summed E-state index contributed by atoms with van der Waals surface area (Å²) in [6.07, 6.45) is 20.0. The van der Waals surface area contributed by atoms with Gasteiger partial charge in [-0.15, -0.1) is 0 Å². The van der Waals surface area contributed by atoms with Crippen LogP contribution in [0.5, 0.6) is 0 Å². The van der Waals surface area contributed by atoms with Gasteiger partial charge in [-0.3, -0.25) is 14.4 Å². The van der Waals surface area contributed by atoms with E-state index in [1.165, 1.54) is 57.8 Å². The minimum Gasteiger partial charge on any atom is -0.465 e. The molecule has 2 saturated carbocycles. The highest BCUT2D eigenvalue weighted by Gasteiger charge is 2.74. The lowest BCUT2D eigenvalue weighted by molar-refractivity contribution is -0.158. The monoisotopic (exact) mass is 546 g/mol. The molecule has 0 aromatic carbocycles. The molecule has 0 radical (unpaired) electrons. The molecule has 224 valence electrons. The zero-order valence-corrected chi connectivity index (χ0v) is 25.9. The standard InChI is InChI=1S/C34H58O5/c1-6-7-8-9-10-11-12-13-14-15-16-20-26(35)21-17-18-22-28(36)38-25-27-33(4)24-19-23-32(2,3)30(33)29(37)31-34(27,5)39-31/h27,30-31H,6-25H2,1-5H3/t27-,30?,31+,33-,34-/m1/s1. The number of hydrogen-bond acceptors (Lipinski definition) is 5. The molecular formula is C34H58O5. The SMILES string of the molecule is CCCCCCCCCCCCCC(=O)CCCCC(=O)OC[C@H]1[C@@]2(C)O[C@H]2C(=O)C2C(C)(C)CCC[C@@]21C. The number of epoxide rings is 1. The molecule has 1 saturated heterocycles. The van der Waals surface area contributed by atoms with Gasteiger partial charge in [0.25, 0.3) is 0 Å². The van der Waals surface area contributed by atoms with Gasteiger partial charge in [0.1, 0.15) is 17.5 Å². The third kappa shape index (κ3) is 8.39. The number of unbranched alkanes of at least 4 members (excludes halogenated alkanes) is 11. The van der Waals surface area contributed by atoms with E-state index in [-0.39, 0.29) is 40.5 Å². The Kier molecular flexibility index (Phi) is 12.1. The second-order valence-electron chi connectivity index (χ2n) is 14.1. The van der Waals surface area contributed by atoms with Crippen LogP contribution in [0.1, 0.15) is 157 Å². The van der Waals surface area contributed by atoms with Gasteiger partial charge in [-0.25, -0.2) is 0 Å². The molecule has 0 aromatic heterocycles. The second kappa shape index (κ2) is 14.6. The molecule has 5 atom stereocenters. The lowest BCUT2D eigenvalue weighted by Gasteiger charge is -2.56. The fraction of sp³-hybridized carbons (Fsp3) is 0.912. The van der Waals surface area contributed by atoms with E-state index in [4.69, 9.17) is 9.47 Å². The van der Waals surface area contributed by atoms with E-state index in [2.05, 4.69) is 27.7 Å². The minimum absolute atomic E-state index is 0.0357. The van der Waals surface area contributed by atoms with Gasteiger partial charge in [0.2, 0.25) is 0 Å². The van der Waals surface area contributed by atoms with Crippen LogP contribution in [-0.2, 0) is 23.9 Å². The van der Waals surface area contributed by atoms with Crippen LogP contribution in [0.15, 0.2) is 0 Å². The number of carbonyl (C=O) groups excluding carboxylic acids is 3. The van der Waals surface area contributed by atoms with E-state index >= 15 is 0 Å². The summed E-state index contributed by atoms with van der Waals surface area (Å²) in [6, 6.07) is 0. The number of esters is 1. The van der Waals surface area contributed by atoms with Crippen molar-refractivity contribution in [1.82, 2.24) is 0 Å². The van der Waals surface area contributed by atoms with Gasteiger partial charge >= 0.3 is 5.97 Å². The first-order chi connectivity index (χ1) is 18.6. The Bertz CT molecular complexity index is 818. The average molecular weight is 547 g/mol. The first-order valence-electron chi connectivity index (χ1n) is 16.4. The van der Waals surface area contributed by atoms with Crippen molar-refractivity contribution in [3.63, 3.8) is 0 Å². The van der Waals surface area contributed by atoms with Crippen LogP contribution in [-0.4, -0.2) is 35.8 Å². The number of fused-ring (bicyclic) bond motifs is 2. The lowest BCUT2D eigenvalue weighted by atomic mass is 9.46. The van der Waals surface area contributed by atoms with Crippen LogP contribution in [0, 0.1) is 22.7 Å². The third-order valence-electron chi connectivity index (χ3n) is 10.4. The summed E-state index contributed by atoms with van der Waals surface area (Å²) in [6.45, 7) is 11.2. The predicted octanol–water partition coefficient (Wildman–Crippen LogP) is 8.55. The molecule has 5 nitrogen and oxygen atoms in total. The van der Waals surface area contributed by atoms with Crippen molar-refractivity contribution in [1.29, 1.82) is 0 Å². The number of ketones is 2. The second-order valence-corrected chi connectivity index (χ2v) is 14.1. The fourth-order valence-electron chi connectivity index (χ4n) is 8.13. The van der Waals surface area contributed by atoms with Crippen LogP contribution < -0.4 is 0 Å². The largest absolute Gasteiger partial charge is 0.465 e. The molecule has 3 aliphatic rings. The Labute approximate surface area is 238 Å². The molecule has 1 heterocycles. The van der Waals surface area contributed by atoms with E-state index in [1.807, 2.05) is 6.92 Å². The van der Waals surface area contributed by atoms with E-state index in [0.29, 0.717) is 38.1 Å². The highest BCUT2D eigenvalue weighted by Crippen LogP contribution is 2.66. The Morgan fingerprint density at radius 2 is 1.33 bits per heavy atom. The Balaban J connectivity index is 1.25. The normalized spacial score (nSPS) is 30.9. The molecule has 3 rings (SSSR count). The Morgan fingerprint density at radius 1 is 0.795 bits per heavy atom. The van der Waals surface area contributed by atoms with E-state index < -0.39 is 5.60 Å². The predicted molar refractivity (Wildman–Crippen MR) is 157 cm³/mol. The summed E-state index contributed by atoms with van der Waals surface area (Å²) >= 11 is 0. The van der Waals surface area contributed by atoms with Crippen molar-refractivity contribution in [2.75, 3.05) is 6.61 Å². The van der Waals surface area contributed by atoms with Crippen LogP contribution in [0.2, 0.25) is 0 Å².